The smallest absolute Gasteiger partial charge is 0.194 e. The quantitative estimate of drug-likeness (QED) is 0.667. The van der Waals surface area contributed by atoms with Crippen molar-refractivity contribution in [1.29, 1.82) is 0 Å². The minimum Gasteiger partial charge on any atom is -0.240 e. The highest BCUT2D eigenvalue weighted by Crippen LogP contribution is 2.34. The summed E-state index contributed by atoms with van der Waals surface area (Å²) in [6.07, 6.45) is 2.29. The van der Waals surface area contributed by atoms with Gasteiger partial charge in [0, 0.05) is 18.0 Å². The van der Waals surface area contributed by atoms with Crippen LogP contribution in [0.15, 0.2) is 30.5 Å². The van der Waals surface area contributed by atoms with Crippen LogP contribution in [0.3, 0.4) is 0 Å². The lowest BCUT2D eigenvalue weighted by Crippen LogP contribution is -2.17. The Hall–Kier alpha value is -0.700. The fourth-order valence-electron chi connectivity index (χ4n) is 2.22. The van der Waals surface area contributed by atoms with Crippen LogP contribution in [0.5, 0.6) is 0 Å². The number of benzene rings is 1. The van der Waals surface area contributed by atoms with Gasteiger partial charge in [-0.3, -0.25) is 0 Å². The Morgan fingerprint density at radius 1 is 1.05 bits per heavy atom. The molecular formula is C16H19Cl3N2. The van der Waals surface area contributed by atoms with E-state index in [1.54, 1.807) is 0 Å². The number of hydrogen-bond acceptors (Lipinski definition) is 1. The van der Waals surface area contributed by atoms with E-state index in [9.17, 15) is 0 Å². The third kappa shape index (κ3) is 4.38. The van der Waals surface area contributed by atoms with Gasteiger partial charge in [0.15, 0.2) is 3.79 Å². The highest BCUT2D eigenvalue weighted by Gasteiger charge is 2.28. The molecule has 0 radical (unpaired) electrons. The molecule has 1 aromatic heterocycles. The second-order valence-corrected chi connectivity index (χ2v) is 8.84. The first kappa shape index (κ1) is 16.7. The molecule has 1 aromatic carbocycles. The minimum absolute atomic E-state index is 0.110. The number of aromatic nitrogens is 2. The molecule has 1 heterocycles. The number of hydrogen-bond donors (Lipinski definition) is 0. The molecule has 0 spiro atoms. The molecule has 0 N–H and O–H groups in total. The van der Waals surface area contributed by atoms with Crippen LogP contribution in [0.2, 0.25) is 0 Å². The Morgan fingerprint density at radius 3 is 2.10 bits per heavy atom. The molecule has 2 nitrogen and oxygen atoms in total. The van der Waals surface area contributed by atoms with Crippen molar-refractivity contribution in [2.75, 3.05) is 0 Å². The van der Waals surface area contributed by atoms with Gasteiger partial charge in [-0.1, -0.05) is 73.3 Å². The van der Waals surface area contributed by atoms with E-state index in [1.807, 2.05) is 23.0 Å². The molecule has 0 saturated heterocycles. The van der Waals surface area contributed by atoms with Gasteiger partial charge in [-0.05, 0) is 24.6 Å². The molecule has 0 unspecified atom stereocenters. The Kier molecular flexibility index (Phi) is 4.63. The molecule has 5 heteroatoms. The second kappa shape index (κ2) is 5.83. The Labute approximate surface area is 141 Å². The van der Waals surface area contributed by atoms with Crippen molar-refractivity contribution in [3.05, 3.63) is 47.3 Å². The zero-order valence-corrected chi connectivity index (χ0v) is 14.9. The largest absolute Gasteiger partial charge is 0.240 e. The van der Waals surface area contributed by atoms with Crippen LogP contribution in [0.25, 0.3) is 5.69 Å². The third-order valence-corrected chi connectivity index (χ3v) is 3.59. The van der Waals surface area contributed by atoms with Crippen molar-refractivity contribution < 1.29 is 0 Å². The van der Waals surface area contributed by atoms with Crippen LogP contribution < -0.4 is 0 Å². The lowest BCUT2D eigenvalue weighted by molar-refractivity contribution is 0.554. The fourth-order valence-corrected chi connectivity index (χ4v) is 2.65. The zero-order chi connectivity index (χ0) is 15.8. The monoisotopic (exact) mass is 344 g/mol. The SMILES string of the molecule is Cc1ccc(-n2cc(CC(Cl)(Cl)Cl)c(C(C)(C)C)n2)cc1. The summed E-state index contributed by atoms with van der Waals surface area (Å²) in [5.41, 5.74) is 4.02. The summed E-state index contributed by atoms with van der Waals surface area (Å²) in [7, 11) is 0. The van der Waals surface area contributed by atoms with Gasteiger partial charge in [-0.15, -0.1) is 0 Å². The summed E-state index contributed by atoms with van der Waals surface area (Å²) >= 11 is 17.9. The summed E-state index contributed by atoms with van der Waals surface area (Å²) < 4.78 is 0.535. The van der Waals surface area contributed by atoms with E-state index >= 15 is 0 Å². The molecule has 0 amide bonds. The van der Waals surface area contributed by atoms with Gasteiger partial charge in [0.1, 0.15) is 0 Å². The Bertz CT molecular complexity index is 616. The van der Waals surface area contributed by atoms with Crippen LogP contribution in [-0.2, 0) is 11.8 Å². The van der Waals surface area contributed by atoms with Gasteiger partial charge in [0.2, 0.25) is 0 Å². The maximum absolute atomic E-state index is 5.96. The average molecular weight is 346 g/mol. The Morgan fingerprint density at radius 2 is 1.62 bits per heavy atom. The molecule has 0 bridgehead atoms. The lowest BCUT2D eigenvalue weighted by Gasteiger charge is -2.19. The van der Waals surface area contributed by atoms with E-state index in [1.165, 1.54) is 5.56 Å². The minimum atomic E-state index is -1.32. The van der Waals surface area contributed by atoms with Crippen LogP contribution >= 0.6 is 34.8 Å². The lowest BCUT2D eigenvalue weighted by atomic mass is 9.89. The second-order valence-electron chi connectivity index (χ2n) is 6.33. The van der Waals surface area contributed by atoms with Crippen molar-refractivity contribution in [2.24, 2.45) is 0 Å². The highest BCUT2D eigenvalue weighted by molar-refractivity contribution is 6.67. The van der Waals surface area contributed by atoms with E-state index in [0.717, 1.165) is 16.9 Å². The third-order valence-electron chi connectivity index (χ3n) is 3.19. The predicted octanol–water partition coefficient (Wildman–Crippen LogP) is 5.39. The molecule has 114 valence electrons. The van der Waals surface area contributed by atoms with Crippen LogP contribution in [0, 0.1) is 6.92 Å². The first-order valence-electron chi connectivity index (χ1n) is 6.79. The van der Waals surface area contributed by atoms with Crippen molar-refractivity contribution in [2.45, 2.75) is 43.3 Å². The van der Waals surface area contributed by atoms with E-state index in [0.29, 0.717) is 6.42 Å². The van der Waals surface area contributed by atoms with E-state index < -0.39 is 3.79 Å². The van der Waals surface area contributed by atoms with Crippen molar-refractivity contribution >= 4 is 34.8 Å². The summed E-state index contributed by atoms with van der Waals surface area (Å²) in [5, 5.41) is 4.71. The summed E-state index contributed by atoms with van der Waals surface area (Å²) in [5.74, 6) is 0. The van der Waals surface area contributed by atoms with Crippen molar-refractivity contribution in [1.82, 2.24) is 9.78 Å². The molecule has 2 rings (SSSR count). The van der Waals surface area contributed by atoms with Crippen LogP contribution in [0.4, 0.5) is 0 Å². The molecular weight excluding hydrogens is 327 g/mol. The number of rotatable bonds is 2. The normalized spacial score (nSPS) is 12.7. The molecule has 0 fully saturated rings. The standard InChI is InChI=1S/C16H19Cl3N2/c1-11-5-7-13(8-6-11)21-10-12(9-16(17,18)19)14(20-21)15(2,3)4/h5-8,10H,9H2,1-4H3. The Balaban J connectivity index is 2.47. The summed E-state index contributed by atoms with van der Waals surface area (Å²) in [6, 6.07) is 8.19. The molecule has 0 atom stereocenters. The van der Waals surface area contributed by atoms with E-state index in [-0.39, 0.29) is 5.41 Å². The molecule has 21 heavy (non-hydrogen) atoms. The molecule has 0 aliphatic heterocycles. The van der Waals surface area contributed by atoms with E-state index in [4.69, 9.17) is 39.9 Å². The van der Waals surface area contributed by atoms with Crippen LogP contribution in [0.1, 0.15) is 37.6 Å². The zero-order valence-electron chi connectivity index (χ0n) is 12.6. The van der Waals surface area contributed by atoms with Gasteiger partial charge >= 0.3 is 0 Å². The maximum Gasteiger partial charge on any atom is 0.194 e. The number of nitrogens with zero attached hydrogens (tertiary/aromatic N) is 2. The van der Waals surface area contributed by atoms with Gasteiger partial charge in [-0.25, -0.2) is 4.68 Å². The summed E-state index contributed by atoms with van der Waals surface area (Å²) in [4.78, 5) is 0. The highest BCUT2D eigenvalue weighted by atomic mass is 35.6. The number of alkyl halides is 3. The predicted molar refractivity (Wildman–Crippen MR) is 91.0 cm³/mol. The fraction of sp³-hybridized carbons (Fsp3) is 0.438. The topological polar surface area (TPSA) is 17.8 Å². The van der Waals surface area contributed by atoms with Crippen molar-refractivity contribution in [3.8, 4) is 5.69 Å². The van der Waals surface area contributed by atoms with Crippen LogP contribution in [-0.4, -0.2) is 13.6 Å². The molecule has 0 saturated carbocycles. The first-order valence-corrected chi connectivity index (χ1v) is 7.92. The van der Waals surface area contributed by atoms with Gasteiger partial charge < -0.3 is 0 Å². The molecule has 0 aliphatic carbocycles. The average Bonchev–Trinajstić information content (AvgIpc) is 2.71. The van der Waals surface area contributed by atoms with Gasteiger partial charge in [-0.2, -0.15) is 5.10 Å². The van der Waals surface area contributed by atoms with E-state index in [2.05, 4.69) is 39.8 Å². The van der Waals surface area contributed by atoms with Gasteiger partial charge in [0.25, 0.3) is 0 Å². The van der Waals surface area contributed by atoms with Crippen molar-refractivity contribution in [3.63, 3.8) is 0 Å². The number of aryl methyl sites for hydroxylation is 1. The first-order chi connectivity index (χ1) is 9.56. The molecule has 2 aromatic rings. The maximum atomic E-state index is 5.96. The number of halogens is 3. The summed E-state index contributed by atoms with van der Waals surface area (Å²) in [6.45, 7) is 8.38. The van der Waals surface area contributed by atoms with Gasteiger partial charge in [0.05, 0.1) is 11.4 Å². The molecule has 0 aliphatic rings.